The summed E-state index contributed by atoms with van der Waals surface area (Å²) in [5.41, 5.74) is -0.382. The number of hydrogen-bond donors (Lipinski definition) is 0. The highest BCUT2D eigenvalue weighted by Gasteiger charge is 2.35. The summed E-state index contributed by atoms with van der Waals surface area (Å²) in [4.78, 5) is 12.6. The summed E-state index contributed by atoms with van der Waals surface area (Å²) in [5.74, 6) is -1.83. The predicted octanol–water partition coefficient (Wildman–Crippen LogP) is 4.00. The Morgan fingerprint density at radius 3 is 2.42 bits per heavy atom. The van der Waals surface area contributed by atoms with Crippen molar-refractivity contribution in [3.05, 3.63) is 34.1 Å². The number of nitrogens with zero attached hydrogens (tertiary/aromatic N) is 1. The molecule has 1 aromatic carbocycles. The summed E-state index contributed by atoms with van der Waals surface area (Å²) in [7, 11) is 0. The Morgan fingerprint density at radius 2 is 1.95 bits per heavy atom. The van der Waals surface area contributed by atoms with Crippen molar-refractivity contribution in [3.8, 4) is 0 Å². The molecule has 0 saturated carbocycles. The van der Waals surface area contributed by atoms with Crippen molar-refractivity contribution < 1.29 is 22.4 Å². The minimum atomic E-state index is -4.53. The summed E-state index contributed by atoms with van der Waals surface area (Å²) in [6.45, 7) is 1.48. The van der Waals surface area contributed by atoms with Gasteiger partial charge in [-0.05, 0) is 32.0 Å². The third-order valence-electron chi connectivity index (χ3n) is 2.39. The Balaban J connectivity index is 3.09. The SMILES string of the molecule is CC(C)N(CC(F)(F)F)C(=O)c1cc(Br)ccc1F. The molecule has 0 saturated heterocycles. The number of alkyl halides is 3. The Hall–Kier alpha value is -1.11. The summed E-state index contributed by atoms with van der Waals surface area (Å²) in [6.07, 6.45) is -4.53. The van der Waals surface area contributed by atoms with Crippen molar-refractivity contribution in [1.82, 2.24) is 4.90 Å². The molecule has 0 aliphatic heterocycles. The van der Waals surface area contributed by atoms with Gasteiger partial charge in [-0.3, -0.25) is 4.79 Å². The first kappa shape index (κ1) is 15.9. The van der Waals surface area contributed by atoms with E-state index in [0.717, 1.165) is 6.07 Å². The molecule has 0 N–H and O–H groups in total. The smallest absolute Gasteiger partial charge is 0.327 e. The number of hydrogen-bond acceptors (Lipinski definition) is 1. The molecule has 2 nitrogen and oxygen atoms in total. The molecule has 106 valence electrons. The number of rotatable bonds is 3. The molecule has 19 heavy (non-hydrogen) atoms. The normalized spacial score (nSPS) is 11.8. The molecule has 0 spiro atoms. The third kappa shape index (κ3) is 4.49. The molecular formula is C12H12BrF4NO. The van der Waals surface area contributed by atoms with Crippen LogP contribution in [0.3, 0.4) is 0 Å². The molecule has 0 fully saturated rings. The van der Waals surface area contributed by atoms with Crippen LogP contribution >= 0.6 is 15.9 Å². The van der Waals surface area contributed by atoms with Crippen LogP contribution in [0.5, 0.6) is 0 Å². The minimum Gasteiger partial charge on any atom is -0.327 e. The maximum Gasteiger partial charge on any atom is 0.406 e. The average molecular weight is 342 g/mol. The fourth-order valence-corrected chi connectivity index (χ4v) is 1.86. The van der Waals surface area contributed by atoms with E-state index in [1.807, 2.05) is 0 Å². The molecule has 0 radical (unpaired) electrons. The second-order valence-corrected chi connectivity index (χ2v) is 5.18. The van der Waals surface area contributed by atoms with Crippen LogP contribution in [0.2, 0.25) is 0 Å². The first-order valence-electron chi connectivity index (χ1n) is 5.44. The molecule has 1 amide bonds. The Bertz CT molecular complexity index is 473. The lowest BCUT2D eigenvalue weighted by atomic mass is 10.1. The van der Waals surface area contributed by atoms with Crippen LogP contribution < -0.4 is 0 Å². The van der Waals surface area contributed by atoms with Crippen molar-refractivity contribution in [2.75, 3.05) is 6.54 Å². The van der Waals surface area contributed by atoms with E-state index in [-0.39, 0.29) is 5.56 Å². The second-order valence-electron chi connectivity index (χ2n) is 4.27. The van der Waals surface area contributed by atoms with E-state index in [1.54, 1.807) is 0 Å². The Kier molecular flexibility index (Phi) is 4.95. The zero-order valence-corrected chi connectivity index (χ0v) is 11.8. The maximum absolute atomic E-state index is 13.5. The van der Waals surface area contributed by atoms with Gasteiger partial charge in [0.15, 0.2) is 0 Å². The highest BCUT2D eigenvalue weighted by atomic mass is 79.9. The summed E-state index contributed by atoms with van der Waals surface area (Å²) >= 11 is 3.05. The third-order valence-corrected chi connectivity index (χ3v) is 2.89. The zero-order chi connectivity index (χ0) is 14.8. The molecule has 0 unspecified atom stereocenters. The van der Waals surface area contributed by atoms with E-state index in [1.165, 1.54) is 26.0 Å². The maximum atomic E-state index is 13.5. The standard InChI is InChI=1S/C12H12BrF4NO/c1-7(2)18(6-12(15,16)17)11(19)9-5-8(13)3-4-10(9)14/h3-5,7H,6H2,1-2H3. The number of amides is 1. The van der Waals surface area contributed by atoms with Gasteiger partial charge in [0.1, 0.15) is 12.4 Å². The van der Waals surface area contributed by atoms with Gasteiger partial charge in [-0.25, -0.2) is 4.39 Å². The van der Waals surface area contributed by atoms with Gasteiger partial charge in [-0.15, -0.1) is 0 Å². The number of halogens is 5. The lowest BCUT2D eigenvalue weighted by Gasteiger charge is -2.28. The Labute approximate surface area is 116 Å². The molecular weight excluding hydrogens is 330 g/mol. The number of benzene rings is 1. The lowest BCUT2D eigenvalue weighted by molar-refractivity contribution is -0.143. The van der Waals surface area contributed by atoms with Gasteiger partial charge in [-0.2, -0.15) is 13.2 Å². The quantitative estimate of drug-likeness (QED) is 0.761. The molecule has 1 rings (SSSR count). The van der Waals surface area contributed by atoms with E-state index in [0.29, 0.717) is 9.37 Å². The molecule has 0 aliphatic carbocycles. The van der Waals surface area contributed by atoms with Crippen LogP contribution in [0, 0.1) is 5.82 Å². The molecule has 0 aliphatic rings. The van der Waals surface area contributed by atoms with E-state index in [4.69, 9.17) is 0 Å². The van der Waals surface area contributed by atoms with Gasteiger partial charge in [0, 0.05) is 10.5 Å². The van der Waals surface area contributed by atoms with Gasteiger partial charge < -0.3 is 4.90 Å². The molecule has 0 heterocycles. The first-order valence-corrected chi connectivity index (χ1v) is 6.24. The highest BCUT2D eigenvalue weighted by molar-refractivity contribution is 9.10. The minimum absolute atomic E-state index is 0.382. The van der Waals surface area contributed by atoms with Crippen LogP contribution in [0.4, 0.5) is 17.6 Å². The molecule has 0 bridgehead atoms. The monoisotopic (exact) mass is 341 g/mol. The summed E-state index contributed by atoms with van der Waals surface area (Å²) < 4.78 is 51.2. The first-order chi connectivity index (χ1) is 8.61. The topological polar surface area (TPSA) is 20.3 Å². The van der Waals surface area contributed by atoms with Gasteiger partial charge >= 0.3 is 6.18 Å². The summed E-state index contributed by atoms with van der Waals surface area (Å²) in [6, 6.07) is 2.88. The fraction of sp³-hybridized carbons (Fsp3) is 0.417. The van der Waals surface area contributed by atoms with Crippen molar-refractivity contribution in [1.29, 1.82) is 0 Å². The van der Waals surface area contributed by atoms with E-state index < -0.39 is 30.5 Å². The van der Waals surface area contributed by atoms with Crippen molar-refractivity contribution in [2.45, 2.75) is 26.1 Å². The van der Waals surface area contributed by atoms with Crippen LogP contribution in [-0.2, 0) is 0 Å². The molecule has 0 aromatic heterocycles. The Morgan fingerprint density at radius 1 is 1.37 bits per heavy atom. The lowest BCUT2D eigenvalue weighted by Crippen LogP contribution is -2.43. The molecule has 7 heteroatoms. The van der Waals surface area contributed by atoms with Gasteiger partial charge in [0.25, 0.3) is 5.91 Å². The van der Waals surface area contributed by atoms with Crippen molar-refractivity contribution in [3.63, 3.8) is 0 Å². The highest BCUT2D eigenvalue weighted by Crippen LogP contribution is 2.22. The largest absolute Gasteiger partial charge is 0.406 e. The summed E-state index contributed by atoms with van der Waals surface area (Å²) in [5, 5.41) is 0. The zero-order valence-electron chi connectivity index (χ0n) is 10.3. The predicted molar refractivity (Wildman–Crippen MR) is 66.3 cm³/mol. The van der Waals surface area contributed by atoms with Gasteiger partial charge in [0.2, 0.25) is 0 Å². The van der Waals surface area contributed by atoms with Crippen molar-refractivity contribution >= 4 is 21.8 Å². The van der Waals surface area contributed by atoms with Crippen LogP contribution in [-0.4, -0.2) is 29.6 Å². The van der Waals surface area contributed by atoms with Crippen LogP contribution in [0.1, 0.15) is 24.2 Å². The van der Waals surface area contributed by atoms with Crippen LogP contribution in [0.25, 0.3) is 0 Å². The van der Waals surface area contributed by atoms with E-state index in [2.05, 4.69) is 15.9 Å². The van der Waals surface area contributed by atoms with Gasteiger partial charge in [-0.1, -0.05) is 15.9 Å². The van der Waals surface area contributed by atoms with Gasteiger partial charge in [0.05, 0.1) is 5.56 Å². The average Bonchev–Trinajstić information content (AvgIpc) is 2.27. The molecule has 0 atom stereocenters. The molecule has 1 aromatic rings. The fourth-order valence-electron chi connectivity index (χ4n) is 1.50. The number of carbonyl (C=O) groups is 1. The van der Waals surface area contributed by atoms with E-state index >= 15 is 0 Å². The van der Waals surface area contributed by atoms with Crippen molar-refractivity contribution in [2.24, 2.45) is 0 Å². The van der Waals surface area contributed by atoms with Crippen LogP contribution in [0.15, 0.2) is 22.7 Å². The van der Waals surface area contributed by atoms with E-state index in [9.17, 15) is 22.4 Å². The number of carbonyl (C=O) groups excluding carboxylic acids is 1. The second kappa shape index (κ2) is 5.90.